The molecule has 4 rings (SSSR count). The molecule has 132 valence electrons. The first-order valence-corrected chi connectivity index (χ1v) is 8.83. The third-order valence-corrected chi connectivity index (χ3v) is 5.64. The number of pyridine rings is 1. The molecule has 1 atom stereocenters. The maximum atomic E-state index is 13.9. The quantitative estimate of drug-likeness (QED) is 0.576. The molecule has 1 aliphatic carbocycles. The standard InChI is InChI=1S/C18H19ClF2N4/c1-10(2)12-8-14(24-16(23-12)17(3,20)21)25-13-4-7-22-9-11(13)18(5-6-18)15(25)19/h4,7-10,15H,5-6H2,1-3H3. The highest BCUT2D eigenvalue weighted by molar-refractivity contribution is 6.24. The first kappa shape index (κ1) is 16.6. The Morgan fingerprint density at radius 2 is 2.04 bits per heavy atom. The highest BCUT2D eigenvalue weighted by Gasteiger charge is 2.59. The number of rotatable bonds is 3. The van der Waals surface area contributed by atoms with Crippen LogP contribution in [-0.4, -0.2) is 20.5 Å². The predicted molar refractivity (Wildman–Crippen MR) is 92.6 cm³/mol. The molecule has 1 spiro atoms. The summed E-state index contributed by atoms with van der Waals surface area (Å²) < 4.78 is 27.9. The van der Waals surface area contributed by atoms with E-state index in [1.54, 1.807) is 12.3 Å². The Kier molecular flexibility index (Phi) is 3.55. The third kappa shape index (κ3) is 2.49. The lowest BCUT2D eigenvalue weighted by Crippen LogP contribution is -2.30. The van der Waals surface area contributed by atoms with Crippen LogP contribution in [0.15, 0.2) is 24.5 Å². The van der Waals surface area contributed by atoms with Gasteiger partial charge in [-0.2, -0.15) is 8.78 Å². The molecule has 2 aromatic heterocycles. The van der Waals surface area contributed by atoms with Gasteiger partial charge in [-0.3, -0.25) is 4.98 Å². The summed E-state index contributed by atoms with van der Waals surface area (Å²) in [4.78, 5) is 14.3. The number of alkyl halides is 3. The smallest absolute Gasteiger partial charge is 0.303 e. The molecule has 2 aromatic rings. The molecule has 0 aromatic carbocycles. The van der Waals surface area contributed by atoms with Crippen molar-refractivity contribution in [3.63, 3.8) is 0 Å². The first-order chi connectivity index (χ1) is 11.7. The monoisotopic (exact) mass is 364 g/mol. The topological polar surface area (TPSA) is 41.9 Å². The van der Waals surface area contributed by atoms with Crippen LogP contribution in [0, 0.1) is 0 Å². The van der Waals surface area contributed by atoms with E-state index in [1.165, 1.54) is 0 Å². The summed E-state index contributed by atoms with van der Waals surface area (Å²) in [6.07, 6.45) is 5.46. The molecule has 1 unspecified atom stereocenters. The highest BCUT2D eigenvalue weighted by atomic mass is 35.5. The van der Waals surface area contributed by atoms with Crippen LogP contribution in [0.5, 0.6) is 0 Å². The van der Waals surface area contributed by atoms with Gasteiger partial charge in [0, 0.05) is 42.1 Å². The Bertz CT molecular complexity index is 830. The molecular formula is C18H19ClF2N4. The zero-order valence-electron chi connectivity index (χ0n) is 14.3. The molecule has 3 heterocycles. The minimum Gasteiger partial charge on any atom is -0.308 e. The molecule has 4 nitrogen and oxygen atoms in total. The highest BCUT2D eigenvalue weighted by Crippen LogP contribution is 2.62. The molecule has 0 N–H and O–H groups in total. The number of fused-ring (bicyclic) bond motifs is 2. The summed E-state index contributed by atoms with van der Waals surface area (Å²) in [6, 6.07) is 3.64. The van der Waals surface area contributed by atoms with E-state index in [-0.39, 0.29) is 16.8 Å². The normalized spacial score (nSPS) is 21.1. The van der Waals surface area contributed by atoms with Gasteiger partial charge in [-0.1, -0.05) is 25.4 Å². The van der Waals surface area contributed by atoms with E-state index in [2.05, 4.69) is 15.0 Å². The summed E-state index contributed by atoms with van der Waals surface area (Å²) in [5.41, 5.74) is 2.04. The number of hydrogen-bond acceptors (Lipinski definition) is 4. The van der Waals surface area contributed by atoms with Crippen LogP contribution in [0.25, 0.3) is 0 Å². The molecule has 2 aliphatic rings. The van der Waals surface area contributed by atoms with Gasteiger partial charge in [0.25, 0.3) is 0 Å². The van der Waals surface area contributed by atoms with E-state index >= 15 is 0 Å². The van der Waals surface area contributed by atoms with Crippen molar-refractivity contribution in [1.29, 1.82) is 0 Å². The van der Waals surface area contributed by atoms with Crippen molar-refractivity contribution in [1.82, 2.24) is 15.0 Å². The van der Waals surface area contributed by atoms with Crippen molar-refractivity contribution in [3.05, 3.63) is 41.6 Å². The lowest BCUT2D eigenvalue weighted by Gasteiger charge is -2.26. The van der Waals surface area contributed by atoms with Gasteiger partial charge >= 0.3 is 5.92 Å². The van der Waals surface area contributed by atoms with Crippen LogP contribution in [0.4, 0.5) is 20.3 Å². The first-order valence-electron chi connectivity index (χ1n) is 8.39. The van der Waals surface area contributed by atoms with Crippen molar-refractivity contribution in [2.75, 3.05) is 4.90 Å². The summed E-state index contributed by atoms with van der Waals surface area (Å²) in [5.74, 6) is -3.15. The van der Waals surface area contributed by atoms with Crippen molar-refractivity contribution < 1.29 is 8.78 Å². The zero-order chi connectivity index (χ0) is 18.0. The molecule has 0 radical (unpaired) electrons. The number of nitrogens with zero attached hydrogens (tertiary/aromatic N) is 4. The van der Waals surface area contributed by atoms with Crippen molar-refractivity contribution in [3.8, 4) is 0 Å². The predicted octanol–water partition coefficient (Wildman–Crippen LogP) is 4.85. The van der Waals surface area contributed by atoms with Crippen LogP contribution in [0.2, 0.25) is 0 Å². The van der Waals surface area contributed by atoms with E-state index in [9.17, 15) is 8.78 Å². The van der Waals surface area contributed by atoms with E-state index < -0.39 is 11.7 Å². The second-order valence-electron chi connectivity index (χ2n) is 7.27. The average molecular weight is 365 g/mol. The maximum absolute atomic E-state index is 13.9. The minimum absolute atomic E-state index is 0.00558. The molecule has 0 bridgehead atoms. The van der Waals surface area contributed by atoms with Crippen molar-refractivity contribution in [2.45, 2.75) is 56.4 Å². The number of aromatic nitrogens is 3. The fourth-order valence-electron chi connectivity index (χ4n) is 3.43. The second kappa shape index (κ2) is 5.34. The summed E-state index contributed by atoms with van der Waals surface area (Å²) in [5, 5.41) is 0. The SMILES string of the molecule is CC(C)c1cc(N2c3ccncc3C3(CC3)C2Cl)nc(C(C)(F)F)n1. The molecule has 1 fully saturated rings. The Morgan fingerprint density at radius 3 is 2.64 bits per heavy atom. The van der Waals surface area contributed by atoms with Gasteiger partial charge in [0.05, 0.1) is 5.69 Å². The minimum atomic E-state index is -3.11. The van der Waals surface area contributed by atoms with Gasteiger partial charge in [-0.25, -0.2) is 9.97 Å². The Morgan fingerprint density at radius 1 is 1.32 bits per heavy atom. The lowest BCUT2D eigenvalue weighted by atomic mass is 10.0. The molecule has 25 heavy (non-hydrogen) atoms. The Hall–Kier alpha value is -1.82. The number of halogens is 3. The maximum Gasteiger partial charge on any atom is 0.303 e. The molecule has 7 heteroatoms. The molecule has 1 saturated carbocycles. The van der Waals surface area contributed by atoms with E-state index in [1.807, 2.05) is 31.0 Å². The fraction of sp³-hybridized carbons (Fsp3) is 0.500. The molecule has 0 saturated heterocycles. The second-order valence-corrected chi connectivity index (χ2v) is 7.69. The molecule has 1 aliphatic heterocycles. The van der Waals surface area contributed by atoms with Crippen molar-refractivity contribution >= 4 is 23.1 Å². The largest absolute Gasteiger partial charge is 0.308 e. The van der Waals surface area contributed by atoms with Gasteiger partial charge in [-0.05, 0) is 24.8 Å². The van der Waals surface area contributed by atoms with E-state index in [4.69, 9.17) is 11.6 Å². The summed E-state index contributed by atoms with van der Waals surface area (Å²) >= 11 is 6.78. The van der Waals surface area contributed by atoms with Gasteiger partial charge in [0.1, 0.15) is 11.3 Å². The zero-order valence-corrected chi connectivity index (χ0v) is 15.1. The summed E-state index contributed by atoms with van der Waals surface area (Å²) in [6.45, 7) is 4.66. The average Bonchev–Trinajstić information content (AvgIpc) is 3.31. The number of anilines is 2. The van der Waals surface area contributed by atoms with Gasteiger partial charge in [0.2, 0.25) is 5.82 Å². The molecule has 0 amide bonds. The van der Waals surface area contributed by atoms with Crippen LogP contribution < -0.4 is 4.90 Å². The number of hydrogen-bond donors (Lipinski definition) is 0. The Labute approximate surface area is 150 Å². The van der Waals surface area contributed by atoms with E-state index in [0.29, 0.717) is 11.5 Å². The molecular weight excluding hydrogens is 346 g/mol. The van der Waals surface area contributed by atoms with Crippen LogP contribution in [0.3, 0.4) is 0 Å². The van der Waals surface area contributed by atoms with Gasteiger partial charge < -0.3 is 4.90 Å². The summed E-state index contributed by atoms with van der Waals surface area (Å²) in [7, 11) is 0. The third-order valence-electron chi connectivity index (χ3n) is 5.03. The van der Waals surface area contributed by atoms with Gasteiger partial charge in [0.15, 0.2) is 0 Å². The Balaban J connectivity index is 1.89. The lowest BCUT2D eigenvalue weighted by molar-refractivity contribution is 0.00752. The van der Waals surface area contributed by atoms with Crippen LogP contribution >= 0.6 is 11.6 Å². The van der Waals surface area contributed by atoms with Gasteiger partial charge in [-0.15, -0.1) is 0 Å². The van der Waals surface area contributed by atoms with Crippen LogP contribution in [0.1, 0.15) is 56.6 Å². The fourth-order valence-corrected chi connectivity index (χ4v) is 3.97. The van der Waals surface area contributed by atoms with Crippen molar-refractivity contribution in [2.24, 2.45) is 0 Å². The van der Waals surface area contributed by atoms with E-state index in [0.717, 1.165) is 31.0 Å². The van der Waals surface area contributed by atoms with Crippen LogP contribution in [-0.2, 0) is 11.3 Å².